The summed E-state index contributed by atoms with van der Waals surface area (Å²) in [6, 6.07) is 6.43. The van der Waals surface area contributed by atoms with E-state index in [9.17, 15) is 0 Å². The minimum Gasteiger partial charge on any atom is -0.361 e. The van der Waals surface area contributed by atoms with E-state index in [1.54, 1.807) is 0 Å². The third-order valence-electron chi connectivity index (χ3n) is 2.27. The van der Waals surface area contributed by atoms with Crippen LogP contribution in [0.15, 0.2) is 30.5 Å². The van der Waals surface area contributed by atoms with Gasteiger partial charge in [-0.3, -0.25) is 0 Å². The number of aromatic amines is 1. The first-order chi connectivity index (χ1) is 6.81. The Bertz CT molecular complexity index is 468. The van der Waals surface area contributed by atoms with Crippen molar-refractivity contribution in [3.8, 4) is 0 Å². The lowest BCUT2D eigenvalue weighted by atomic mass is 10.1. The first-order valence-corrected chi connectivity index (χ1v) is 5.29. The van der Waals surface area contributed by atoms with Gasteiger partial charge in [0.15, 0.2) is 0 Å². The Morgan fingerprint density at radius 2 is 2.29 bits per heavy atom. The topological polar surface area (TPSA) is 15.8 Å². The number of rotatable bonds is 2. The van der Waals surface area contributed by atoms with Gasteiger partial charge in [-0.2, -0.15) is 12.6 Å². The number of thiol groups is 1. The fourth-order valence-corrected chi connectivity index (χ4v) is 1.68. The van der Waals surface area contributed by atoms with Crippen LogP contribution in [0.4, 0.5) is 0 Å². The second-order valence-electron chi connectivity index (χ2n) is 3.38. The fraction of sp³-hybridized carbons (Fsp3) is 0.167. The molecule has 2 heteroatoms. The standard InChI is InChI=1S/C12H13NS/c1-9-4-5-12-11(7-9)10(8-13-12)3-2-6-14/h2-5,7-8,13-14H,6H2,1H3. The third-order valence-corrected chi connectivity index (χ3v) is 2.48. The molecule has 0 saturated heterocycles. The van der Waals surface area contributed by atoms with Crippen molar-refractivity contribution in [3.63, 3.8) is 0 Å². The Labute approximate surface area is 89.2 Å². The van der Waals surface area contributed by atoms with Crippen molar-refractivity contribution >= 4 is 29.6 Å². The molecule has 1 aromatic carbocycles. The average molecular weight is 203 g/mol. The lowest BCUT2D eigenvalue weighted by molar-refractivity contribution is 1.45. The Morgan fingerprint density at radius 3 is 3.07 bits per heavy atom. The number of hydrogen-bond donors (Lipinski definition) is 2. The van der Waals surface area contributed by atoms with E-state index in [-0.39, 0.29) is 0 Å². The van der Waals surface area contributed by atoms with Gasteiger partial charge in [-0.05, 0) is 24.6 Å². The molecule has 2 rings (SSSR count). The van der Waals surface area contributed by atoms with Crippen LogP contribution in [0.2, 0.25) is 0 Å². The summed E-state index contributed by atoms with van der Waals surface area (Å²) in [5.41, 5.74) is 3.71. The summed E-state index contributed by atoms with van der Waals surface area (Å²) in [6.45, 7) is 2.11. The van der Waals surface area contributed by atoms with Crippen molar-refractivity contribution in [2.45, 2.75) is 6.92 Å². The largest absolute Gasteiger partial charge is 0.361 e. The Balaban J connectivity index is 2.55. The van der Waals surface area contributed by atoms with Gasteiger partial charge in [0, 0.05) is 22.9 Å². The Kier molecular flexibility index (Phi) is 2.64. The number of fused-ring (bicyclic) bond motifs is 1. The zero-order chi connectivity index (χ0) is 9.97. The predicted octanol–water partition coefficient (Wildman–Crippen LogP) is 3.42. The number of aryl methyl sites for hydroxylation is 1. The van der Waals surface area contributed by atoms with Crippen LogP contribution in [0.25, 0.3) is 17.0 Å². The van der Waals surface area contributed by atoms with Crippen LogP contribution in [0.1, 0.15) is 11.1 Å². The van der Waals surface area contributed by atoms with Crippen molar-refractivity contribution in [3.05, 3.63) is 41.6 Å². The van der Waals surface area contributed by atoms with Crippen LogP contribution in [0, 0.1) is 6.92 Å². The predicted molar refractivity (Wildman–Crippen MR) is 65.9 cm³/mol. The Morgan fingerprint density at radius 1 is 1.43 bits per heavy atom. The molecule has 0 radical (unpaired) electrons. The molecule has 72 valence electrons. The number of H-pyrrole nitrogens is 1. The summed E-state index contributed by atoms with van der Waals surface area (Å²) in [6.07, 6.45) is 6.18. The van der Waals surface area contributed by atoms with E-state index >= 15 is 0 Å². The summed E-state index contributed by atoms with van der Waals surface area (Å²) in [5, 5.41) is 1.28. The van der Waals surface area contributed by atoms with Gasteiger partial charge in [0.2, 0.25) is 0 Å². The maximum absolute atomic E-state index is 4.15. The van der Waals surface area contributed by atoms with E-state index in [2.05, 4.69) is 48.8 Å². The molecule has 0 atom stereocenters. The molecule has 0 fully saturated rings. The second-order valence-corrected chi connectivity index (χ2v) is 3.74. The summed E-state index contributed by atoms with van der Waals surface area (Å²) in [7, 11) is 0. The molecular formula is C12H13NS. The SMILES string of the molecule is Cc1ccc2[nH]cc(C=CCS)c2c1. The van der Waals surface area contributed by atoms with Gasteiger partial charge in [0.1, 0.15) is 0 Å². The molecular weight excluding hydrogens is 190 g/mol. The van der Waals surface area contributed by atoms with E-state index < -0.39 is 0 Å². The number of benzene rings is 1. The minimum absolute atomic E-state index is 0.776. The third kappa shape index (κ3) is 1.70. The zero-order valence-corrected chi connectivity index (χ0v) is 9.01. The molecule has 14 heavy (non-hydrogen) atoms. The number of nitrogens with one attached hydrogen (secondary N) is 1. The fourth-order valence-electron chi connectivity index (χ4n) is 1.57. The summed E-state index contributed by atoms with van der Waals surface area (Å²) in [5.74, 6) is 0.776. The molecule has 1 nitrogen and oxygen atoms in total. The van der Waals surface area contributed by atoms with Crippen LogP contribution in [-0.2, 0) is 0 Å². The van der Waals surface area contributed by atoms with Crippen LogP contribution in [-0.4, -0.2) is 10.7 Å². The van der Waals surface area contributed by atoms with E-state index in [4.69, 9.17) is 0 Å². The molecule has 0 saturated carbocycles. The molecule has 0 amide bonds. The van der Waals surface area contributed by atoms with E-state index in [1.807, 2.05) is 12.3 Å². The van der Waals surface area contributed by atoms with Crippen LogP contribution in [0.5, 0.6) is 0 Å². The molecule has 0 unspecified atom stereocenters. The summed E-state index contributed by atoms with van der Waals surface area (Å²) >= 11 is 4.15. The number of hydrogen-bond acceptors (Lipinski definition) is 1. The molecule has 1 aromatic heterocycles. The van der Waals surface area contributed by atoms with Crippen molar-refractivity contribution < 1.29 is 0 Å². The highest BCUT2D eigenvalue weighted by atomic mass is 32.1. The second kappa shape index (κ2) is 3.93. The molecule has 0 spiro atoms. The quantitative estimate of drug-likeness (QED) is 0.696. The van der Waals surface area contributed by atoms with Gasteiger partial charge in [-0.1, -0.05) is 23.8 Å². The Hall–Kier alpha value is -1.15. The lowest BCUT2D eigenvalue weighted by Crippen LogP contribution is -1.73. The molecule has 0 aliphatic heterocycles. The van der Waals surface area contributed by atoms with E-state index in [1.165, 1.54) is 22.0 Å². The zero-order valence-electron chi connectivity index (χ0n) is 8.12. The van der Waals surface area contributed by atoms with Crippen LogP contribution >= 0.6 is 12.6 Å². The molecule has 1 N–H and O–H groups in total. The summed E-state index contributed by atoms with van der Waals surface area (Å²) < 4.78 is 0. The lowest BCUT2D eigenvalue weighted by Gasteiger charge is -1.94. The molecule has 1 heterocycles. The van der Waals surface area contributed by atoms with Crippen molar-refractivity contribution in [1.82, 2.24) is 4.98 Å². The first-order valence-electron chi connectivity index (χ1n) is 4.66. The maximum Gasteiger partial charge on any atom is 0.0460 e. The first kappa shape index (κ1) is 9.41. The molecule has 0 aliphatic carbocycles. The van der Waals surface area contributed by atoms with Gasteiger partial charge < -0.3 is 4.98 Å². The smallest absolute Gasteiger partial charge is 0.0460 e. The number of aromatic nitrogens is 1. The normalized spacial score (nSPS) is 11.6. The highest BCUT2D eigenvalue weighted by molar-refractivity contribution is 7.80. The van der Waals surface area contributed by atoms with Crippen LogP contribution in [0.3, 0.4) is 0 Å². The minimum atomic E-state index is 0.776. The van der Waals surface area contributed by atoms with Gasteiger partial charge >= 0.3 is 0 Å². The molecule has 0 bridgehead atoms. The monoisotopic (exact) mass is 203 g/mol. The van der Waals surface area contributed by atoms with Crippen molar-refractivity contribution in [1.29, 1.82) is 0 Å². The van der Waals surface area contributed by atoms with Gasteiger partial charge in [-0.25, -0.2) is 0 Å². The highest BCUT2D eigenvalue weighted by Crippen LogP contribution is 2.20. The van der Waals surface area contributed by atoms with E-state index in [0.717, 1.165) is 5.75 Å². The maximum atomic E-state index is 4.15. The van der Waals surface area contributed by atoms with Crippen LogP contribution < -0.4 is 0 Å². The van der Waals surface area contributed by atoms with Gasteiger partial charge in [-0.15, -0.1) is 0 Å². The van der Waals surface area contributed by atoms with Gasteiger partial charge in [0.25, 0.3) is 0 Å². The van der Waals surface area contributed by atoms with Gasteiger partial charge in [0.05, 0.1) is 0 Å². The van der Waals surface area contributed by atoms with Crippen molar-refractivity contribution in [2.24, 2.45) is 0 Å². The highest BCUT2D eigenvalue weighted by Gasteiger charge is 1.99. The average Bonchev–Trinajstić information content (AvgIpc) is 2.57. The molecule has 0 aliphatic rings. The van der Waals surface area contributed by atoms with Crippen molar-refractivity contribution in [2.75, 3.05) is 5.75 Å². The summed E-state index contributed by atoms with van der Waals surface area (Å²) in [4.78, 5) is 3.25. The van der Waals surface area contributed by atoms with E-state index in [0.29, 0.717) is 0 Å². The molecule has 2 aromatic rings.